The van der Waals surface area contributed by atoms with Crippen LogP contribution in [0.2, 0.25) is 0 Å². The van der Waals surface area contributed by atoms with Crippen molar-refractivity contribution in [2.45, 2.75) is 20.3 Å². The molecule has 90 valence electrons. The Morgan fingerprint density at radius 3 is 2.50 bits per heavy atom. The van der Waals surface area contributed by atoms with Gasteiger partial charge in [0.25, 0.3) is 0 Å². The van der Waals surface area contributed by atoms with Crippen molar-refractivity contribution < 1.29 is 0 Å². The van der Waals surface area contributed by atoms with E-state index in [2.05, 4.69) is 67.4 Å². The van der Waals surface area contributed by atoms with Gasteiger partial charge in [0.2, 0.25) is 0 Å². The molecular formula is C17H17N. The Morgan fingerprint density at radius 2 is 1.72 bits per heavy atom. The van der Waals surface area contributed by atoms with E-state index in [-0.39, 0.29) is 0 Å². The Hall–Kier alpha value is -2.02. The van der Waals surface area contributed by atoms with E-state index in [4.69, 9.17) is 0 Å². The Labute approximate surface area is 107 Å². The van der Waals surface area contributed by atoms with Gasteiger partial charge in [-0.3, -0.25) is 0 Å². The second kappa shape index (κ2) is 4.34. The molecule has 0 fully saturated rings. The number of aryl methyl sites for hydroxylation is 2. The second-order valence-electron chi connectivity index (χ2n) is 5.00. The summed E-state index contributed by atoms with van der Waals surface area (Å²) < 4.78 is 0. The molecule has 3 rings (SSSR count). The van der Waals surface area contributed by atoms with Crippen LogP contribution in [0.1, 0.15) is 22.4 Å². The van der Waals surface area contributed by atoms with Gasteiger partial charge in [-0.25, -0.2) is 0 Å². The molecule has 0 unspecified atom stereocenters. The Kier molecular flexibility index (Phi) is 2.67. The molecule has 0 atom stereocenters. The quantitative estimate of drug-likeness (QED) is 0.678. The van der Waals surface area contributed by atoms with Gasteiger partial charge in [-0.1, -0.05) is 42.0 Å². The number of aromatic nitrogens is 1. The zero-order valence-electron chi connectivity index (χ0n) is 10.8. The van der Waals surface area contributed by atoms with Gasteiger partial charge < -0.3 is 4.98 Å². The molecule has 0 aliphatic carbocycles. The fraction of sp³-hybridized carbons (Fsp3) is 0.176. The largest absolute Gasteiger partial charge is 0.358 e. The molecule has 0 saturated carbocycles. The zero-order valence-corrected chi connectivity index (χ0v) is 10.8. The standard InChI is InChI=1S/C17H17N/c1-12-8-13(2)17-15(9-12)11-16(18-17)10-14-6-4-3-5-7-14/h3-9,11,18H,10H2,1-2H3. The van der Waals surface area contributed by atoms with Crippen LogP contribution in [-0.2, 0) is 6.42 Å². The van der Waals surface area contributed by atoms with Crippen LogP contribution in [0.4, 0.5) is 0 Å². The van der Waals surface area contributed by atoms with Gasteiger partial charge in [-0.15, -0.1) is 0 Å². The number of hydrogen-bond acceptors (Lipinski definition) is 0. The maximum Gasteiger partial charge on any atom is 0.0486 e. The molecule has 0 amide bonds. The Balaban J connectivity index is 2.01. The lowest BCUT2D eigenvalue weighted by Crippen LogP contribution is -1.87. The average Bonchev–Trinajstić information content (AvgIpc) is 2.73. The first-order chi connectivity index (χ1) is 8.72. The van der Waals surface area contributed by atoms with Crippen LogP contribution in [0.3, 0.4) is 0 Å². The van der Waals surface area contributed by atoms with Crippen LogP contribution in [-0.4, -0.2) is 4.98 Å². The summed E-state index contributed by atoms with van der Waals surface area (Å²) >= 11 is 0. The predicted molar refractivity (Wildman–Crippen MR) is 77.0 cm³/mol. The first kappa shape index (κ1) is 11.1. The normalized spacial score (nSPS) is 11.0. The van der Waals surface area contributed by atoms with E-state index < -0.39 is 0 Å². The van der Waals surface area contributed by atoms with Crippen LogP contribution in [0.5, 0.6) is 0 Å². The van der Waals surface area contributed by atoms with E-state index in [1.54, 1.807) is 0 Å². The molecular weight excluding hydrogens is 218 g/mol. The minimum Gasteiger partial charge on any atom is -0.358 e. The molecule has 1 heteroatoms. The highest BCUT2D eigenvalue weighted by atomic mass is 14.7. The number of aromatic amines is 1. The number of H-pyrrole nitrogens is 1. The van der Waals surface area contributed by atoms with Crippen molar-refractivity contribution >= 4 is 10.9 Å². The monoisotopic (exact) mass is 235 g/mol. The number of rotatable bonds is 2. The predicted octanol–water partition coefficient (Wildman–Crippen LogP) is 4.38. The lowest BCUT2D eigenvalue weighted by Gasteiger charge is -1.99. The summed E-state index contributed by atoms with van der Waals surface area (Å²) in [4.78, 5) is 3.54. The highest BCUT2D eigenvalue weighted by Gasteiger charge is 2.04. The molecule has 0 spiro atoms. The minimum atomic E-state index is 0.966. The van der Waals surface area contributed by atoms with E-state index >= 15 is 0 Å². The minimum absolute atomic E-state index is 0.966. The molecule has 3 aromatic rings. The topological polar surface area (TPSA) is 15.8 Å². The SMILES string of the molecule is Cc1cc(C)c2[nH]c(Cc3ccccc3)cc2c1. The molecule has 0 bridgehead atoms. The van der Waals surface area contributed by atoms with Gasteiger partial charge in [0.05, 0.1) is 0 Å². The highest BCUT2D eigenvalue weighted by Crippen LogP contribution is 2.22. The molecule has 0 radical (unpaired) electrons. The molecule has 1 aromatic heterocycles. The van der Waals surface area contributed by atoms with Crippen molar-refractivity contribution in [2.75, 3.05) is 0 Å². The lowest BCUT2D eigenvalue weighted by molar-refractivity contribution is 1.12. The van der Waals surface area contributed by atoms with Crippen LogP contribution >= 0.6 is 0 Å². The van der Waals surface area contributed by atoms with Crippen molar-refractivity contribution in [2.24, 2.45) is 0 Å². The van der Waals surface area contributed by atoms with Crippen molar-refractivity contribution in [3.05, 3.63) is 70.9 Å². The smallest absolute Gasteiger partial charge is 0.0486 e. The third kappa shape index (κ3) is 2.04. The molecule has 0 aliphatic heterocycles. The van der Waals surface area contributed by atoms with Crippen molar-refractivity contribution in [3.8, 4) is 0 Å². The molecule has 1 nitrogen and oxygen atoms in total. The van der Waals surface area contributed by atoms with E-state index in [1.165, 1.54) is 33.3 Å². The van der Waals surface area contributed by atoms with E-state index in [0.717, 1.165) is 6.42 Å². The Bertz CT molecular complexity index is 677. The third-order valence-electron chi connectivity index (χ3n) is 3.36. The van der Waals surface area contributed by atoms with Crippen LogP contribution in [0.25, 0.3) is 10.9 Å². The van der Waals surface area contributed by atoms with Gasteiger partial charge >= 0.3 is 0 Å². The second-order valence-corrected chi connectivity index (χ2v) is 5.00. The first-order valence-electron chi connectivity index (χ1n) is 6.35. The Morgan fingerprint density at radius 1 is 0.944 bits per heavy atom. The summed E-state index contributed by atoms with van der Waals surface area (Å²) in [6.45, 7) is 4.31. The molecule has 1 heterocycles. The van der Waals surface area contributed by atoms with Crippen molar-refractivity contribution in [3.63, 3.8) is 0 Å². The molecule has 0 saturated heterocycles. The van der Waals surface area contributed by atoms with Crippen molar-refractivity contribution in [1.82, 2.24) is 4.98 Å². The molecule has 1 N–H and O–H groups in total. The zero-order chi connectivity index (χ0) is 12.5. The molecule has 0 aliphatic rings. The average molecular weight is 235 g/mol. The maximum atomic E-state index is 3.54. The van der Waals surface area contributed by atoms with Crippen molar-refractivity contribution in [1.29, 1.82) is 0 Å². The number of hydrogen-bond donors (Lipinski definition) is 1. The lowest BCUT2D eigenvalue weighted by atomic mass is 10.1. The summed E-state index contributed by atoms with van der Waals surface area (Å²) in [5.41, 5.74) is 6.55. The van der Waals surface area contributed by atoms with Crippen LogP contribution in [0.15, 0.2) is 48.5 Å². The summed E-state index contributed by atoms with van der Waals surface area (Å²) in [7, 11) is 0. The van der Waals surface area contributed by atoms with Gasteiger partial charge in [-0.2, -0.15) is 0 Å². The van der Waals surface area contributed by atoms with Crippen LogP contribution < -0.4 is 0 Å². The summed E-state index contributed by atoms with van der Waals surface area (Å²) in [6, 6.07) is 17.3. The summed E-state index contributed by atoms with van der Waals surface area (Å²) in [5.74, 6) is 0. The molecule has 18 heavy (non-hydrogen) atoms. The summed E-state index contributed by atoms with van der Waals surface area (Å²) in [5, 5.41) is 1.32. The van der Waals surface area contributed by atoms with Gasteiger partial charge in [0, 0.05) is 23.0 Å². The molecule has 2 aromatic carbocycles. The van der Waals surface area contributed by atoms with Crippen LogP contribution in [0, 0.1) is 13.8 Å². The maximum absolute atomic E-state index is 3.54. The van der Waals surface area contributed by atoms with Gasteiger partial charge in [-0.05, 0) is 37.1 Å². The van der Waals surface area contributed by atoms with E-state index in [0.29, 0.717) is 0 Å². The number of benzene rings is 2. The first-order valence-corrected chi connectivity index (χ1v) is 6.35. The van der Waals surface area contributed by atoms with E-state index in [9.17, 15) is 0 Å². The fourth-order valence-corrected chi connectivity index (χ4v) is 2.58. The number of fused-ring (bicyclic) bond motifs is 1. The number of nitrogens with one attached hydrogen (secondary N) is 1. The summed E-state index contributed by atoms with van der Waals surface area (Å²) in [6.07, 6.45) is 0.966. The van der Waals surface area contributed by atoms with Gasteiger partial charge in [0.1, 0.15) is 0 Å². The van der Waals surface area contributed by atoms with Gasteiger partial charge in [0.15, 0.2) is 0 Å². The van der Waals surface area contributed by atoms with E-state index in [1.807, 2.05) is 0 Å². The third-order valence-corrected chi connectivity index (χ3v) is 3.36. The fourth-order valence-electron chi connectivity index (χ4n) is 2.58. The highest BCUT2D eigenvalue weighted by molar-refractivity contribution is 5.84.